The third-order valence-electron chi connectivity index (χ3n) is 8.95. The first-order valence-electron chi connectivity index (χ1n) is 9.85. The SMILES string of the molecule is CC1C[C@@]2(C)C(CCC3C2CC[C@]2(C)C(O)CCC32)CC1=NN. The number of nitrogens with zero attached hydrogens (tertiary/aromatic N) is 1. The first kappa shape index (κ1) is 15.9. The maximum absolute atomic E-state index is 10.5. The third kappa shape index (κ3) is 2.08. The van der Waals surface area contributed by atoms with Crippen LogP contribution in [0.25, 0.3) is 0 Å². The van der Waals surface area contributed by atoms with Gasteiger partial charge in [-0.3, -0.25) is 0 Å². The lowest BCUT2D eigenvalue weighted by molar-refractivity contribution is -0.116. The van der Waals surface area contributed by atoms with E-state index in [4.69, 9.17) is 5.84 Å². The zero-order valence-electron chi connectivity index (χ0n) is 15.1. The molecule has 3 nitrogen and oxygen atoms in total. The minimum Gasteiger partial charge on any atom is -0.393 e. The standard InChI is InChI=1S/C20H34N2O/c1-12-11-20(3)13(10-17(12)22-21)4-5-14-15-6-7-18(23)19(15,2)9-8-16(14)20/h12-16,18,23H,4-11,21H2,1-3H3/t12?,13?,14?,15?,16?,18?,19-,20-/m0/s1. The van der Waals surface area contributed by atoms with E-state index in [0.29, 0.717) is 11.3 Å². The first-order valence-corrected chi connectivity index (χ1v) is 9.85. The van der Waals surface area contributed by atoms with Crippen LogP contribution < -0.4 is 5.84 Å². The highest BCUT2D eigenvalue weighted by Gasteiger charge is 2.60. The molecule has 0 aromatic heterocycles. The van der Waals surface area contributed by atoms with Crippen molar-refractivity contribution in [3.63, 3.8) is 0 Å². The van der Waals surface area contributed by atoms with Gasteiger partial charge in [0.05, 0.1) is 6.10 Å². The molecule has 3 N–H and O–H groups in total. The summed E-state index contributed by atoms with van der Waals surface area (Å²) in [6.45, 7) is 7.28. The Morgan fingerprint density at radius 1 is 1.04 bits per heavy atom. The van der Waals surface area contributed by atoms with Crippen LogP contribution in [0, 0.1) is 40.4 Å². The highest BCUT2D eigenvalue weighted by molar-refractivity contribution is 5.87. The van der Waals surface area contributed by atoms with Crippen molar-refractivity contribution in [1.29, 1.82) is 0 Å². The lowest BCUT2D eigenvalue weighted by Crippen LogP contribution is -2.55. The molecule has 0 aromatic rings. The molecule has 0 heterocycles. The molecule has 23 heavy (non-hydrogen) atoms. The molecule has 3 heteroatoms. The van der Waals surface area contributed by atoms with Gasteiger partial charge in [0, 0.05) is 5.71 Å². The summed E-state index contributed by atoms with van der Waals surface area (Å²) in [6.07, 6.45) is 9.88. The van der Waals surface area contributed by atoms with Crippen LogP contribution in [-0.2, 0) is 0 Å². The molecular weight excluding hydrogens is 284 g/mol. The molecule has 0 spiro atoms. The van der Waals surface area contributed by atoms with Crippen LogP contribution in [0.1, 0.15) is 72.1 Å². The van der Waals surface area contributed by atoms with Gasteiger partial charge in [0.2, 0.25) is 0 Å². The maximum atomic E-state index is 10.5. The van der Waals surface area contributed by atoms with Gasteiger partial charge in [-0.15, -0.1) is 0 Å². The van der Waals surface area contributed by atoms with E-state index in [1.807, 2.05) is 0 Å². The van der Waals surface area contributed by atoms with Gasteiger partial charge in [-0.05, 0) is 91.8 Å². The van der Waals surface area contributed by atoms with Crippen LogP contribution in [0.15, 0.2) is 5.10 Å². The van der Waals surface area contributed by atoms with E-state index >= 15 is 0 Å². The fraction of sp³-hybridized carbons (Fsp3) is 0.950. The van der Waals surface area contributed by atoms with Crippen LogP contribution >= 0.6 is 0 Å². The summed E-state index contributed by atoms with van der Waals surface area (Å²) in [5.41, 5.74) is 1.92. The molecule has 0 saturated heterocycles. The Labute approximate surface area is 141 Å². The molecule has 4 saturated carbocycles. The number of hydrogen-bond donors (Lipinski definition) is 2. The van der Waals surface area contributed by atoms with Gasteiger partial charge in [-0.2, -0.15) is 5.10 Å². The van der Waals surface area contributed by atoms with Crippen LogP contribution in [0.4, 0.5) is 0 Å². The number of rotatable bonds is 0. The normalized spacial score (nSPS) is 57.7. The molecule has 4 fully saturated rings. The van der Waals surface area contributed by atoms with E-state index in [1.165, 1.54) is 44.2 Å². The Morgan fingerprint density at radius 2 is 1.78 bits per heavy atom. The van der Waals surface area contributed by atoms with E-state index < -0.39 is 0 Å². The summed E-state index contributed by atoms with van der Waals surface area (Å²) >= 11 is 0. The topological polar surface area (TPSA) is 58.6 Å². The molecule has 0 bridgehead atoms. The third-order valence-corrected chi connectivity index (χ3v) is 8.95. The van der Waals surface area contributed by atoms with E-state index in [0.717, 1.165) is 36.5 Å². The van der Waals surface area contributed by atoms with Crippen molar-refractivity contribution >= 4 is 5.71 Å². The van der Waals surface area contributed by atoms with Crippen molar-refractivity contribution in [3.8, 4) is 0 Å². The largest absolute Gasteiger partial charge is 0.393 e. The van der Waals surface area contributed by atoms with E-state index in [-0.39, 0.29) is 11.5 Å². The number of aliphatic hydroxyl groups excluding tert-OH is 1. The average molecular weight is 319 g/mol. The Kier molecular flexibility index (Phi) is 3.61. The zero-order chi connectivity index (χ0) is 16.4. The summed E-state index contributed by atoms with van der Waals surface area (Å²) in [5, 5.41) is 14.7. The molecule has 4 rings (SSSR count). The van der Waals surface area contributed by atoms with Gasteiger partial charge >= 0.3 is 0 Å². The van der Waals surface area contributed by atoms with E-state index in [9.17, 15) is 5.11 Å². The molecule has 8 atom stereocenters. The Morgan fingerprint density at radius 3 is 2.52 bits per heavy atom. The summed E-state index contributed by atoms with van der Waals surface area (Å²) in [6, 6.07) is 0. The van der Waals surface area contributed by atoms with Gasteiger partial charge in [-0.1, -0.05) is 20.8 Å². The van der Waals surface area contributed by atoms with Gasteiger partial charge in [-0.25, -0.2) is 0 Å². The summed E-state index contributed by atoms with van der Waals surface area (Å²) in [7, 11) is 0. The maximum Gasteiger partial charge on any atom is 0.0596 e. The van der Waals surface area contributed by atoms with Crippen molar-refractivity contribution in [2.45, 2.75) is 78.2 Å². The monoisotopic (exact) mass is 318 g/mol. The van der Waals surface area contributed by atoms with Crippen LogP contribution in [0.2, 0.25) is 0 Å². The highest BCUT2D eigenvalue weighted by atomic mass is 16.3. The molecule has 4 aliphatic rings. The Balaban J connectivity index is 1.63. The number of aliphatic hydroxyl groups is 1. The lowest BCUT2D eigenvalue weighted by atomic mass is 9.44. The molecule has 4 aliphatic carbocycles. The van der Waals surface area contributed by atoms with E-state index in [1.54, 1.807) is 0 Å². The molecule has 6 unspecified atom stereocenters. The smallest absolute Gasteiger partial charge is 0.0596 e. The van der Waals surface area contributed by atoms with Crippen LogP contribution in [-0.4, -0.2) is 16.9 Å². The minimum absolute atomic E-state index is 0.0553. The minimum atomic E-state index is -0.0553. The number of fused-ring (bicyclic) bond motifs is 5. The summed E-state index contributed by atoms with van der Waals surface area (Å²) < 4.78 is 0. The van der Waals surface area contributed by atoms with Crippen LogP contribution in [0.5, 0.6) is 0 Å². The Hall–Kier alpha value is -0.570. The number of nitrogens with two attached hydrogens (primary N) is 1. The predicted octanol–water partition coefficient (Wildman–Crippen LogP) is 3.95. The summed E-state index contributed by atoms with van der Waals surface area (Å²) in [4.78, 5) is 0. The van der Waals surface area contributed by atoms with Gasteiger partial charge in [0.25, 0.3) is 0 Å². The quantitative estimate of drug-likeness (QED) is 0.525. The van der Waals surface area contributed by atoms with Crippen molar-refractivity contribution in [2.75, 3.05) is 0 Å². The molecule has 0 aromatic carbocycles. The Bertz CT molecular complexity index is 518. The average Bonchev–Trinajstić information content (AvgIpc) is 2.82. The second kappa shape index (κ2) is 5.21. The second-order valence-electron chi connectivity index (χ2n) is 9.72. The van der Waals surface area contributed by atoms with Gasteiger partial charge in [0.15, 0.2) is 0 Å². The molecule has 130 valence electrons. The van der Waals surface area contributed by atoms with Crippen molar-refractivity contribution < 1.29 is 5.11 Å². The molecule has 0 amide bonds. The molecule has 0 aliphatic heterocycles. The van der Waals surface area contributed by atoms with Crippen molar-refractivity contribution in [3.05, 3.63) is 0 Å². The van der Waals surface area contributed by atoms with Gasteiger partial charge < -0.3 is 10.9 Å². The van der Waals surface area contributed by atoms with Crippen LogP contribution in [0.3, 0.4) is 0 Å². The first-order chi connectivity index (χ1) is 10.9. The summed E-state index contributed by atoms with van der Waals surface area (Å²) in [5.74, 6) is 9.43. The molecule has 0 radical (unpaired) electrons. The highest BCUT2D eigenvalue weighted by Crippen LogP contribution is 2.66. The fourth-order valence-corrected chi connectivity index (χ4v) is 7.57. The van der Waals surface area contributed by atoms with Gasteiger partial charge in [0.1, 0.15) is 0 Å². The number of hydrogen-bond acceptors (Lipinski definition) is 3. The number of hydrazone groups is 1. The molecular formula is C20H34N2O. The fourth-order valence-electron chi connectivity index (χ4n) is 7.57. The van der Waals surface area contributed by atoms with E-state index in [2.05, 4.69) is 25.9 Å². The lowest BCUT2D eigenvalue weighted by Gasteiger charge is -2.61. The van der Waals surface area contributed by atoms with Crippen molar-refractivity contribution in [1.82, 2.24) is 0 Å². The van der Waals surface area contributed by atoms with Crippen molar-refractivity contribution in [2.24, 2.45) is 51.4 Å². The zero-order valence-corrected chi connectivity index (χ0v) is 15.1. The predicted molar refractivity (Wildman–Crippen MR) is 93.9 cm³/mol. The second-order valence-corrected chi connectivity index (χ2v) is 9.72.